The zero-order valence-corrected chi connectivity index (χ0v) is 11.1. The minimum absolute atomic E-state index is 0.210. The fourth-order valence-corrected chi connectivity index (χ4v) is 2.16. The highest BCUT2D eigenvalue weighted by molar-refractivity contribution is 5.68. The molecule has 2 rings (SSSR count). The second-order valence-electron chi connectivity index (χ2n) is 5.21. The molecular formula is C14H20N2O3. The largest absolute Gasteiger partial charge is 0.445 e. The van der Waals surface area contributed by atoms with Crippen LogP contribution in [-0.2, 0) is 11.3 Å². The van der Waals surface area contributed by atoms with Gasteiger partial charge in [0.25, 0.3) is 0 Å². The number of nitrogens with two attached hydrogens (primary N) is 1. The van der Waals surface area contributed by atoms with Crippen molar-refractivity contribution in [3.63, 3.8) is 0 Å². The summed E-state index contributed by atoms with van der Waals surface area (Å²) in [4.78, 5) is 13.4. The van der Waals surface area contributed by atoms with E-state index in [9.17, 15) is 9.90 Å². The maximum Gasteiger partial charge on any atom is 0.410 e. The number of piperidine rings is 1. The lowest BCUT2D eigenvalue weighted by molar-refractivity contribution is -0.0314. The van der Waals surface area contributed by atoms with Gasteiger partial charge in [-0.1, -0.05) is 30.3 Å². The summed E-state index contributed by atoms with van der Waals surface area (Å²) in [6.45, 7) is 2.62. The molecule has 1 aromatic rings. The molecule has 1 saturated heterocycles. The lowest BCUT2D eigenvalue weighted by Gasteiger charge is -2.40. The van der Waals surface area contributed by atoms with Crippen molar-refractivity contribution in [2.45, 2.75) is 31.6 Å². The fourth-order valence-electron chi connectivity index (χ4n) is 2.16. The van der Waals surface area contributed by atoms with Crippen LogP contribution in [0.2, 0.25) is 0 Å². The first kappa shape index (κ1) is 13.8. The zero-order chi connectivity index (χ0) is 13.9. The second kappa shape index (κ2) is 5.59. The number of aliphatic hydroxyl groups is 1. The number of hydrogen-bond donors (Lipinski definition) is 2. The van der Waals surface area contributed by atoms with Gasteiger partial charge in [-0.15, -0.1) is 0 Å². The third kappa shape index (κ3) is 3.45. The summed E-state index contributed by atoms with van der Waals surface area (Å²) in [5.74, 6) is 0. The van der Waals surface area contributed by atoms with Crippen LogP contribution in [0.5, 0.6) is 0 Å². The van der Waals surface area contributed by atoms with E-state index >= 15 is 0 Å². The Morgan fingerprint density at radius 3 is 2.84 bits per heavy atom. The lowest BCUT2D eigenvalue weighted by atomic mass is 9.90. The van der Waals surface area contributed by atoms with Crippen LogP contribution in [0.4, 0.5) is 4.79 Å². The van der Waals surface area contributed by atoms with Crippen molar-refractivity contribution in [1.29, 1.82) is 0 Å². The summed E-state index contributed by atoms with van der Waals surface area (Å²) in [5.41, 5.74) is 5.70. The van der Waals surface area contributed by atoms with Crippen LogP contribution in [-0.4, -0.2) is 40.8 Å². The van der Waals surface area contributed by atoms with E-state index in [2.05, 4.69) is 0 Å². The lowest BCUT2D eigenvalue weighted by Crippen LogP contribution is -2.59. The number of nitrogens with zero attached hydrogens (tertiary/aromatic N) is 1. The van der Waals surface area contributed by atoms with Crippen LogP contribution < -0.4 is 5.73 Å². The summed E-state index contributed by atoms with van der Waals surface area (Å²) >= 11 is 0. The smallest absolute Gasteiger partial charge is 0.410 e. The van der Waals surface area contributed by atoms with Crippen molar-refractivity contribution in [3.05, 3.63) is 35.9 Å². The van der Waals surface area contributed by atoms with Gasteiger partial charge in [0.05, 0.1) is 12.1 Å². The molecule has 1 aliphatic heterocycles. The molecular weight excluding hydrogens is 244 g/mol. The quantitative estimate of drug-likeness (QED) is 0.839. The number of carbonyl (C=O) groups excluding carboxylic acids is 1. The maximum absolute atomic E-state index is 11.9. The number of hydrogen-bond acceptors (Lipinski definition) is 4. The van der Waals surface area contributed by atoms with Crippen LogP contribution in [0.15, 0.2) is 30.3 Å². The van der Waals surface area contributed by atoms with E-state index in [4.69, 9.17) is 10.5 Å². The van der Waals surface area contributed by atoms with Gasteiger partial charge in [0.15, 0.2) is 0 Å². The molecule has 1 aromatic carbocycles. The Bertz CT molecular complexity index is 434. The molecule has 0 saturated carbocycles. The van der Waals surface area contributed by atoms with Gasteiger partial charge in [-0.05, 0) is 18.9 Å². The predicted octanol–water partition coefficient (Wildman–Crippen LogP) is 1.11. The molecule has 2 atom stereocenters. The van der Waals surface area contributed by atoms with Crippen molar-refractivity contribution in [1.82, 2.24) is 4.90 Å². The maximum atomic E-state index is 11.9. The van der Waals surface area contributed by atoms with Gasteiger partial charge in [0.2, 0.25) is 0 Å². The molecule has 0 aliphatic carbocycles. The normalized spacial score (nSPS) is 27.1. The Balaban J connectivity index is 1.87. The molecule has 0 unspecified atom stereocenters. The molecule has 1 fully saturated rings. The minimum Gasteiger partial charge on any atom is -0.445 e. The average Bonchev–Trinajstić information content (AvgIpc) is 2.40. The van der Waals surface area contributed by atoms with Crippen molar-refractivity contribution in [2.24, 2.45) is 5.73 Å². The molecule has 0 radical (unpaired) electrons. The van der Waals surface area contributed by atoms with Crippen LogP contribution >= 0.6 is 0 Å². The Kier molecular flexibility index (Phi) is 4.07. The highest BCUT2D eigenvalue weighted by atomic mass is 16.6. The predicted molar refractivity (Wildman–Crippen MR) is 71.4 cm³/mol. The monoisotopic (exact) mass is 264 g/mol. The van der Waals surface area contributed by atoms with E-state index in [1.54, 1.807) is 6.92 Å². The zero-order valence-electron chi connectivity index (χ0n) is 11.1. The number of rotatable bonds is 2. The van der Waals surface area contributed by atoms with E-state index in [1.807, 2.05) is 30.3 Å². The van der Waals surface area contributed by atoms with Crippen LogP contribution in [0, 0.1) is 0 Å². The van der Waals surface area contributed by atoms with Crippen LogP contribution in [0.3, 0.4) is 0 Å². The van der Waals surface area contributed by atoms with E-state index in [0.29, 0.717) is 13.0 Å². The standard InChI is InChI=1S/C14H20N2O3/c1-14(18)10-16(8-7-12(14)15)13(17)19-9-11-5-3-2-4-6-11/h2-6,12,18H,7-10,15H2,1H3/t12-,14-/m1/s1. The molecule has 1 aliphatic rings. The van der Waals surface area contributed by atoms with Gasteiger partial charge in [0, 0.05) is 12.6 Å². The number of ether oxygens (including phenoxy) is 1. The summed E-state index contributed by atoms with van der Waals surface area (Å²) < 4.78 is 5.23. The fraction of sp³-hybridized carbons (Fsp3) is 0.500. The van der Waals surface area contributed by atoms with Crippen molar-refractivity contribution in [3.8, 4) is 0 Å². The molecule has 0 spiro atoms. The first-order chi connectivity index (χ1) is 8.99. The Labute approximate surface area is 113 Å². The van der Waals surface area contributed by atoms with Crippen molar-refractivity contribution < 1.29 is 14.6 Å². The number of benzene rings is 1. The molecule has 5 nitrogen and oxygen atoms in total. The molecule has 0 bridgehead atoms. The number of carbonyl (C=O) groups is 1. The number of likely N-dealkylation sites (tertiary alicyclic amines) is 1. The van der Waals surface area contributed by atoms with E-state index < -0.39 is 11.7 Å². The second-order valence-corrected chi connectivity index (χ2v) is 5.21. The summed E-state index contributed by atoms with van der Waals surface area (Å²) in [6.07, 6.45) is 0.170. The van der Waals surface area contributed by atoms with Crippen molar-refractivity contribution in [2.75, 3.05) is 13.1 Å². The molecule has 1 amide bonds. The van der Waals surface area contributed by atoms with Gasteiger partial charge in [0.1, 0.15) is 6.61 Å². The van der Waals surface area contributed by atoms with Crippen LogP contribution in [0.25, 0.3) is 0 Å². The third-order valence-electron chi connectivity index (χ3n) is 3.48. The van der Waals surface area contributed by atoms with E-state index in [0.717, 1.165) is 5.56 Å². The number of β-amino-alcohol motifs (C(OH)–C–C–N with tert-alkyl or cyclic N) is 1. The van der Waals surface area contributed by atoms with E-state index in [1.165, 1.54) is 4.90 Å². The highest BCUT2D eigenvalue weighted by Gasteiger charge is 2.37. The minimum atomic E-state index is -1.05. The van der Waals surface area contributed by atoms with Gasteiger partial charge in [-0.3, -0.25) is 0 Å². The topological polar surface area (TPSA) is 75.8 Å². The summed E-state index contributed by atoms with van der Waals surface area (Å²) in [7, 11) is 0. The molecule has 0 aromatic heterocycles. The molecule has 1 heterocycles. The molecule has 19 heavy (non-hydrogen) atoms. The average molecular weight is 264 g/mol. The van der Waals surface area contributed by atoms with Gasteiger partial charge >= 0.3 is 6.09 Å². The molecule has 104 valence electrons. The SMILES string of the molecule is C[C@@]1(O)CN(C(=O)OCc2ccccc2)CC[C@H]1N. The van der Waals surface area contributed by atoms with Crippen molar-refractivity contribution >= 4 is 6.09 Å². The summed E-state index contributed by atoms with van der Waals surface area (Å²) in [5, 5.41) is 10.1. The number of amides is 1. The third-order valence-corrected chi connectivity index (χ3v) is 3.48. The van der Waals surface area contributed by atoms with Crippen LogP contribution in [0.1, 0.15) is 18.9 Å². The van der Waals surface area contributed by atoms with E-state index in [-0.39, 0.29) is 19.2 Å². The Morgan fingerprint density at radius 2 is 2.21 bits per heavy atom. The molecule has 3 N–H and O–H groups in total. The Hall–Kier alpha value is -1.59. The Morgan fingerprint density at radius 1 is 1.53 bits per heavy atom. The highest BCUT2D eigenvalue weighted by Crippen LogP contribution is 2.20. The van der Waals surface area contributed by atoms with Gasteiger partial charge < -0.3 is 20.5 Å². The first-order valence-corrected chi connectivity index (χ1v) is 6.42. The molecule has 5 heteroatoms. The first-order valence-electron chi connectivity index (χ1n) is 6.42. The summed E-state index contributed by atoms with van der Waals surface area (Å²) in [6, 6.07) is 9.20. The van der Waals surface area contributed by atoms with Gasteiger partial charge in [-0.25, -0.2) is 4.79 Å². The van der Waals surface area contributed by atoms with Gasteiger partial charge in [-0.2, -0.15) is 0 Å².